The molecule has 1 N–H and O–H groups in total. The van der Waals surface area contributed by atoms with Crippen LogP contribution in [0.15, 0.2) is 47.6 Å². The summed E-state index contributed by atoms with van der Waals surface area (Å²) < 4.78 is 60.5. The zero-order chi connectivity index (χ0) is 61.8. The molecule has 4 aliphatic heterocycles. The molecule has 4 heterocycles. The third-order valence-corrected chi connectivity index (χ3v) is 22.9. The molecule has 83 heavy (non-hydrogen) atoms. The van der Waals surface area contributed by atoms with E-state index in [4.69, 9.17) is 47.1 Å². The number of Topliss-reactive ketones (excluding diaryl/α,β-unsaturated/α-hetero) is 3. The summed E-state index contributed by atoms with van der Waals surface area (Å²) >= 11 is 0. The number of fused-ring (bicyclic) bond motifs is 3. The molecular weight excluding hydrogens is 1080 g/mol. The van der Waals surface area contributed by atoms with E-state index >= 15 is 0 Å². The smallest absolute Gasteiger partial charge is 0.460 e. The molecule has 2 bridgehead atoms. The quantitative estimate of drug-likeness (QED) is 0.0880. The van der Waals surface area contributed by atoms with Gasteiger partial charge in [0.15, 0.2) is 32.1 Å². The highest BCUT2D eigenvalue weighted by molar-refractivity contribution is 6.74. The Bertz CT molecular complexity index is 2340. The van der Waals surface area contributed by atoms with Crippen molar-refractivity contribution >= 4 is 43.7 Å². The van der Waals surface area contributed by atoms with E-state index in [0.717, 1.165) is 18.4 Å². The molecule has 4 fully saturated rings. The van der Waals surface area contributed by atoms with Gasteiger partial charge in [-0.15, -0.1) is 0 Å². The normalized spacial score (nSPS) is 36.0. The van der Waals surface area contributed by atoms with Crippen molar-refractivity contribution in [3.8, 4) is 0 Å². The van der Waals surface area contributed by atoms with Crippen LogP contribution >= 0.6 is 0 Å². The zero-order valence-corrected chi connectivity index (χ0v) is 54.2. The van der Waals surface area contributed by atoms with E-state index in [9.17, 15) is 33.9 Å². The van der Waals surface area contributed by atoms with E-state index in [0.29, 0.717) is 56.9 Å². The number of ether oxygens (including phenoxy) is 9. The van der Waals surface area contributed by atoms with Crippen molar-refractivity contribution in [1.82, 2.24) is 4.90 Å². The van der Waals surface area contributed by atoms with Gasteiger partial charge in [-0.05, 0) is 139 Å². The summed E-state index contributed by atoms with van der Waals surface area (Å²) in [6, 6.07) is -1.18. The fourth-order valence-corrected chi connectivity index (χ4v) is 13.5. The number of allylic oxidation sites excluding steroid dienone is 6. The van der Waals surface area contributed by atoms with Crippen LogP contribution in [0, 0.1) is 35.5 Å². The predicted octanol–water partition coefficient (Wildman–Crippen LogP) is 10.5. The van der Waals surface area contributed by atoms with Gasteiger partial charge in [-0.2, -0.15) is 0 Å². The molecule has 470 valence electrons. The van der Waals surface area contributed by atoms with Crippen LogP contribution in [-0.2, 0) is 71.0 Å². The van der Waals surface area contributed by atoms with E-state index in [1.54, 1.807) is 61.8 Å². The molecule has 5 aliphatic rings. The minimum Gasteiger partial charge on any atom is -0.460 e. The number of ketones is 3. The third-order valence-electron chi connectivity index (χ3n) is 18.4. The molecule has 0 aromatic carbocycles. The van der Waals surface area contributed by atoms with Gasteiger partial charge in [0, 0.05) is 58.5 Å². The second kappa shape index (κ2) is 30.6. The first-order valence-corrected chi connectivity index (χ1v) is 33.4. The molecule has 1 saturated carbocycles. The fraction of sp³-hybridized carbons (Fsp3) is 0.781. The van der Waals surface area contributed by atoms with Crippen molar-refractivity contribution < 1.29 is 80.9 Å². The number of amides is 1. The summed E-state index contributed by atoms with van der Waals surface area (Å²) in [6.45, 7) is 27.4. The lowest BCUT2D eigenvalue weighted by Gasteiger charge is -2.44. The van der Waals surface area contributed by atoms with Crippen LogP contribution < -0.4 is 0 Å². The number of carbonyl (C=O) groups is 6. The summed E-state index contributed by atoms with van der Waals surface area (Å²) in [6.07, 6.45) is 10.1. The van der Waals surface area contributed by atoms with Gasteiger partial charge in [-0.25, -0.2) is 9.59 Å². The Kier molecular flexibility index (Phi) is 25.8. The maximum Gasteiger partial charge on any atom is 0.509 e. The topological polar surface area (TPSA) is 218 Å². The van der Waals surface area contributed by atoms with Gasteiger partial charge in [-0.1, -0.05) is 91.8 Å². The van der Waals surface area contributed by atoms with Gasteiger partial charge < -0.3 is 57.1 Å². The number of methoxy groups -OCH3 is 3. The molecule has 18 nitrogen and oxygen atoms in total. The molecule has 16 atom stereocenters. The van der Waals surface area contributed by atoms with Crippen molar-refractivity contribution in [3.05, 3.63) is 47.6 Å². The molecule has 3 saturated heterocycles. The van der Waals surface area contributed by atoms with Crippen LogP contribution in [0.5, 0.6) is 0 Å². The van der Waals surface area contributed by atoms with Crippen molar-refractivity contribution in [1.29, 1.82) is 0 Å². The van der Waals surface area contributed by atoms with Crippen LogP contribution in [-0.4, -0.2) is 161 Å². The number of hydrogen-bond acceptors (Lipinski definition) is 17. The molecule has 0 aromatic rings. The number of aliphatic hydroxyl groups is 1. The number of nitrogens with zero attached hydrogens (tertiary/aromatic N) is 1. The molecule has 5 rings (SSSR count). The predicted molar refractivity (Wildman–Crippen MR) is 316 cm³/mol. The van der Waals surface area contributed by atoms with Crippen LogP contribution in [0.3, 0.4) is 0 Å². The Morgan fingerprint density at radius 1 is 0.843 bits per heavy atom. The van der Waals surface area contributed by atoms with E-state index in [2.05, 4.69) is 33.9 Å². The standard InChI is InChI=1S/C64H103NO17Si/c1-39-23-19-18-20-24-40(2)52(73-13)35-47-28-26-45(7)64(72,81-47)58(68)59(69)65-30-22-21-25-49(65)60(70)78-53(42(4)33-46-27-29-51(54(34-46)74-14)82-83(16,17)62(8,9)10)36-50(66)41(3)32-44(6)56(57(75-15)55(67)43(5)31-39)79-61(71)76-37-48-38-77-63(11,12)80-48/h18-20,23-24,32,39,41-43,45-49,51-54,56-57,72H,21-22,25-31,33-38H2,1-17H3/b20-18?,23-19+,40-24?,44-32+/t39-,41-,42-,43-,45-,46+,47?,48?,49?,51-,52+,53+,54-,56-,57+,64-/m1/s1. The summed E-state index contributed by atoms with van der Waals surface area (Å²) in [5.74, 6) is -9.36. The second-order valence-electron chi connectivity index (χ2n) is 26.5. The maximum atomic E-state index is 14.8. The third kappa shape index (κ3) is 19.0. The van der Waals surface area contributed by atoms with Gasteiger partial charge in [0.1, 0.15) is 30.6 Å². The van der Waals surface area contributed by atoms with Crippen molar-refractivity contribution in [2.75, 3.05) is 41.1 Å². The molecule has 1 amide bonds. The lowest BCUT2D eigenvalue weighted by atomic mass is 9.78. The van der Waals surface area contributed by atoms with Crippen LogP contribution in [0.2, 0.25) is 18.1 Å². The van der Waals surface area contributed by atoms with E-state index in [1.807, 2.05) is 51.2 Å². The van der Waals surface area contributed by atoms with Gasteiger partial charge in [-0.3, -0.25) is 19.2 Å². The first-order chi connectivity index (χ1) is 38.8. The summed E-state index contributed by atoms with van der Waals surface area (Å²) in [7, 11) is 2.52. The molecule has 3 unspecified atom stereocenters. The summed E-state index contributed by atoms with van der Waals surface area (Å²) in [5, 5.41) is 12.1. The average Bonchev–Trinajstić information content (AvgIpc) is 3.87. The Balaban J connectivity index is 1.52. The SMILES string of the molecule is CO[C@H]1CC2CC[C@@H](C)[C@@](O)(O2)C(=O)C(=O)N2CCCCC2C(=O)O[C@H]([C@H](C)C[C@@H]2CC[C@@H](O[Si](C)(C)C(C)(C)C)[C@H](OC)C2)CC(=O)[C@H](C)/C=C(\C)[C@@H](OC(=O)OCC2COC(C)(C)O2)[C@@H](OC)C(=O)[C@H](C)C[C@H](C)/C=C/C=CC=C1C. The fourth-order valence-electron chi connectivity index (χ4n) is 12.1. The lowest BCUT2D eigenvalue weighted by molar-refractivity contribution is -0.265. The molecule has 1 aliphatic carbocycles. The van der Waals surface area contributed by atoms with Crippen LogP contribution in [0.25, 0.3) is 0 Å². The summed E-state index contributed by atoms with van der Waals surface area (Å²) in [5.41, 5.74) is 1.21. The molecular formula is C64H103NO17Si. The van der Waals surface area contributed by atoms with Gasteiger partial charge in [0.25, 0.3) is 11.7 Å². The number of piperidine rings is 1. The molecule has 0 radical (unpaired) electrons. The Hall–Kier alpha value is -3.92. The Morgan fingerprint density at radius 3 is 2.19 bits per heavy atom. The first-order valence-electron chi connectivity index (χ1n) is 30.5. The van der Waals surface area contributed by atoms with Crippen LogP contribution in [0.4, 0.5) is 4.79 Å². The van der Waals surface area contributed by atoms with Crippen molar-refractivity contribution in [3.63, 3.8) is 0 Å². The van der Waals surface area contributed by atoms with Gasteiger partial charge >= 0.3 is 12.1 Å². The highest BCUT2D eigenvalue weighted by Gasteiger charge is 2.53. The first kappa shape index (κ1) is 69.8. The maximum absolute atomic E-state index is 14.8. The minimum absolute atomic E-state index is 0.00544. The number of hydrogen-bond donors (Lipinski definition) is 1. The van der Waals surface area contributed by atoms with E-state index < -0.39 is 104 Å². The molecule has 19 heteroatoms. The number of cyclic esters (lactones) is 1. The number of carbonyl (C=O) groups excluding carboxylic acids is 6. The Morgan fingerprint density at radius 2 is 1.55 bits per heavy atom. The largest absolute Gasteiger partial charge is 0.509 e. The minimum atomic E-state index is -2.46. The van der Waals surface area contributed by atoms with Crippen molar-refractivity contribution in [2.24, 2.45) is 35.5 Å². The number of esters is 1. The molecule has 0 aromatic heterocycles. The van der Waals surface area contributed by atoms with E-state index in [1.165, 1.54) is 12.0 Å². The second-order valence-corrected chi connectivity index (χ2v) is 31.3. The monoisotopic (exact) mass is 1190 g/mol. The highest BCUT2D eigenvalue weighted by atomic mass is 28.4. The highest BCUT2D eigenvalue weighted by Crippen LogP contribution is 2.42. The number of rotatable bonds is 11. The van der Waals surface area contributed by atoms with Crippen molar-refractivity contribution in [2.45, 2.75) is 245 Å². The Labute approximate surface area is 496 Å². The average molecular weight is 1190 g/mol. The lowest BCUT2D eigenvalue weighted by Crippen LogP contribution is -2.61. The van der Waals surface area contributed by atoms with Gasteiger partial charge in [0.05, 0.1) is 31.0 Å². The van der Waals surface area contributed by atoms with Crippen LogP contribution in [0.1, 0.15) is 160 Å². The molecule has 0 spiro atoms. The van der Waals surface area contributed by atoms with Gasteiger partial charge in [0.2, 0.25) is 5.79 Å². The van der Waals surface area contributed by atoms with E-state index in [-0.39, 0.29) is 79.2 Å². The zero-order valence-electron chi connectivity index (χ0n) is 53.2. The summed E-state index contributed by atoms with van der Waals surface area (Å²) in [4.78, 5) is 87.9.